The maximum atomic E-state index is 11.2. The van der Waals surface area contributed by atoms with Crippen LogP contribution in [0, 0.1) is 5.41 Å². The molecule has 0 aromatic rings. The quantitative estimate of drug-likeness (QED) is 0.461. The summed E-state index contributed by atoms with van der Waals surface area (Å²) in [5, 5.41) is 0. The molecule has 0 unspecified atom stereocenters. The third-order valence-corrected chi connectivity index (χ3v) is 2.24. The third kappa shape index (κ3) is 2.37. The van der Waals surface area contributed by atoms with Gasteiger partial charge in [-0.25, -0.2) is 0 Å². The van der Waals surface area contributed by atoms with E-state index in [1.165, 1.54) is 6.26 Å². The molecule has 0 aliphatic carbocycles. The van der Waals surface area contributed by atoms with Crippen molar-refractivity contribution in [3.8, 4) is 0 Å². The molecule has 0 bridgehead atoms. The number of hydrogen-bond donors (Lipinski definition) is 0. The molecule has 0 saturated heterocycles. The van der Waals surface area contributed by atoms with Gasteiger partial charge in [-0.3, -0.25) is 4.79 Å². The van der Waals surface area contributed by atoms with Crippen LogP contribution in [-0.4, -0.2) is 5.97 Å². The second-order valence-electron chi connectivity index (χ2n) is 2.84. The number of carbonyl (C=O) groups is 1. The second kappa shape index (κ2) is 4.16. The lowest BCUT2D eigenvalue weighted by Crippen LogP contribution is -2.26. The fraction of sp³-hybridized carbons (Fsp3) is 0.667. The van der Waals surface area contributed by atoms with Gasteiger partial charge in [0.15, 0.2) is 0 Å². The lowest BCUT2D eigenvalue weighted by molar-refractivity contribution is -0.149. The summed E-state index contributed by atoms with van der Waals surface area (Å²) in [4.78, 5) is 11.2. The minimum Gasteiger partial charge on any atom is -0.435 e. The predicted molar refractivity (Wildman–Crippen MR) is 45.0 cm³/mol. The van der Waals surface area contributed by atoms with Crippen LogP contribution >= 0.6 is 0 Å². The fourth-order valence-corrected chi connectivity index (χ4v) is 0.757. The summed E-state index contributed by atoms with van der Waals surface area (Å²) in [7, 11) is 0. The topological polar surface area (TPSA) is 26.3 Å². The molecule has 0 spiro atoms. The van der Waals surface area contributed by atoms with Crippen LogP contribution in [0.5, 0.6) is 0 Å². The normalized spacial score (nSPS) is 10.8. The molecule has 0 amide bonds. The molecule has 0 aromatic heterocycles. The van der Waals surface area contributed by atoms with Crippen molar-refractivity contribution < 1.29 is 9.53 Å². The fourth-order valence-electron chi connectivity index (χ4n) is 0.757. The highest BCUT2D eigenvalue weighted by molar-refractivity contribution is 5.76. The van der Waals surface area contributed by atoms with E-state index < -0.39 is 0 Å². The van der Waals surface area contributed by atoms with E-state index in [0.717, 1.165) is 12.8 Å². The number of carbonyl (C=O) groups excluding carboxylic acids is 1. The molecule has 0 rings (SSSR count). The molecule has 0 atom stereocenters. The van der Waals surface area contributed by atoms with Crippen molar-refractivity contribution in [1.82, 2.24) is 0 Å². The molecule has 11 heavy (non-hydrogen) atoms. The molecule has 0 heterocycles. The largest absolute Gasteiger partial charge is 0.435 e. The van der Waals surface area contributed by atoms with Gasteiger partial charge in [0, 0.05) is 0 Å². The van der Waals surface area contributed by atoms with Crippen molar-refractivity contribution in [2.24, 2.45) is 5.41 Å². The van der Waals surface area contributed by atoms with Crippen LogP contribution in [0.25, 0.3) is 0 Å². The van der Waals surface area contributed by atoms with Crippen LogP contribution < -0.4 is 0 Å². The van der Waals surface area contributed by atoms with E-state index in [4.69, 9.17) is 4.74 Å². The Hall–Kier alpha value is -0.790. The zero-order valence-corrected chi connectivity index (χ0v) is 7.52. The molecule has 0 aromatic carbocycles. The first-order valence-corrected chi connectivity index (χ1v) is 3.92. The number of rotatable bonds is 4. The summed E-state index contributed by atoms with van der Waals surface area (Å²) in [5.41, 5.74) is -0.339. The molecule has 0 aliphatic heterocycles. The molecule has 64 valence electrons. The maximum absolute atomic E-state index is 11.2. The van der Waals surface area contributed by atoms with Crippen LogP contribution in [0.2, 0.25) is 0 Å². The van der Waals surface area contributed by atoms with Gasteiger partial charge >= 0.3 is 5.97 Å². The van der Waals surface area contributed by atoms with E-state index in [1.807, 2.05) is 20.8 Å². The molecule has 0 aliphatic rings. The summed E-state index contributed by atoms with van der Waals surface area (Å²) in [6, 6.07) is 0. The first-order valence-electron chi connectivity index (χ1n) is 3.92. The van der Waals surface area contributed by atoms with Gasteiger partial charge in [0.2, 0.25) is 0 Å². The summed E-state index contributed by atoms with van der Waals surface area (Å²) < 4.78 is 4.71. The molecular weight excluding hydrogens is 140 g/mol. The van der Waals surface area contributed by atoms with Crippen LogP contribution in [0.4, 0.5) is 0 Å². The van der Waals surface area contributed by atoms with Crippen LogP contribution in [0.1, 0.15) is 33.6 Å². The van der Waals surface area contributed by atoms with E-state index in [9.17, 15) is 4.79 Å². The lowest BCUT2D eigenvalue weighted by atomic mass is 9.85. The molecule has 0 radical (unpaired) electrons. The smallest absolute Gasteiger partial charge is 0.316 e. The van der Waals surface area contributed by atoms with E-state index in [1.54, 1.807) is 0 Å². The van der Waals surface area contributed by atoms with Crippen molar-refractivity contribution in [3.63, 3.8) is 0 Å². The lowest BCUT2D eigenvalue weighted by Gasteiger charge is -2.22. The van der Waals surface area contributed by atoms with Crippen molar-refractivity contribution in [3.05, 3.63) is 12.8 Å². The van der Waals surface area contributed by atoms with Crippen molar-refractivity contribution in [2.45, 2.75) is 33.6 Å². The summed E-state index contributed by atoms with van der Waals surface area (Å²) in [5.74, 6) is -0.183. The summed E-state index contributed by atoms with van der Waals surface area (Å²) >= 11 is 0. The van der Waals surface area contributed by atoms with Crippen LogP contribution in [-0.2, 0) is 9.53 Å². The van der Waals surface area contributed by atoms with Gasteiger partial charge in [0.05, 0.1) is 11.7 Å². The van der Waals surface area contributed by atoms with Crippen molar-refractivity contribution in [2.75, 3.05) is 0 Å². The third-order valence-electron chi connectivity index (χ3n) is 2.24. The van der Waals surface area contributed by atoms with Crippen molar-refractivity contribution in [1.29, 1.82) is 0 Å². The first-order chi connectivity index (χ1) is 5.10. The summed E-state index contributed by atoms with van der Waals surface area (Å²) in [6.45, 7) is 9.20. The molecule has 0 saturated carbocycles. The minimum atomic E-state index is -0.339. The zero-order chi connectivity index (χ0) is 8.91. The Bertz CT molecular complexity index is 146. The van der Waals surface area contributed by atoms with E-state index in [2.05, 4.69) is 6.58 Å². The molecular formula is C9H16O2. The predicted octanol–water partition coefficient (Wildman–Crippen LogP) is 2.50. The summed E-state index contributed by atoms with van der Waals surface area (Å²) in [6.07, 6.45) is 2.79. The average Bonchev–Trinajstić information content (AvgIpc) is 2.03. The first kappa shape index (κ1) is 10.2. The van der Waals surface area contributed by atoms with Crippen molar-refractivity contribution >= 4 is 5.97 Å². The average molecular weight is 156 g/mol. The van der Waals surface area contributed by atoms with Gasteiger partial charge in [0.25, 0.3) is 0 Å². The Labute approximate surface area is 68.2 Å². The Morgan fingerprint density at radius 3 is 2.27 bits per heavy atom. The zero-order valence-electron chi connectivity index (χ0n) is 7.52. The SMILES string of the molecule is C=COC(=O)C(C)(CC)CC. The molecule has 2 nitrogen and oxygen atoms in total. The Morgan fingerprint density at radius 2 is 2.00 bits per heavy atom. The van der Waals surface area contributed by atoms with E-state index >= 15 is 0 Å². The standard InChI is InChI=1S/C9H16O2/c1-5-9(4,6-2)8(10)11-7-3/h7H,3,5-6H2,1-2,4H3. The van der Waals surface area contributed by atoms with Crippen LogP contribution in [0.3, 0.4) is 0 Å². The van der Waals surface area contributed by atoms with Gasteiger partial charge in [-0.05, 0) is 19.8 Å². The Kier molecular flexibility index (Phi) is 3.86. The maximum Gasteiger partial charge on any atom is 0.316 e. The minimum absolute atomic E-state index is 0.183. The number of esters is 1. The van der Waals surface area contributed by atoms with Gasteiger partial charge in [-0.2, -0.15) is 0 Å². The molecule has 2 heteroatoms. The monoisotopic (exact) mass is 156 g/mol. The van der Waals surface area contributed by atoms with Gasteiger partial charge in [-0.15, -0.1) is 0 Å². The van der Waals surface area contributed by atoms with Gasteiger partial charge in [0.1, 0.15) is 0 Å². The van der Waals surface area contributed by atoms with E-state index in [-0.39, 0.29) is 11.4 Å². The highest BCUT2D eigenvalue weighted by atomic mass is 16.5. The second-order valence-corrected chi connectivity index (χ2v) is 2.84. The van der Waals surface area contributed by atoms with Gasteiger partial charge < -0.3 is 4.74 Å². The molecule has 0 N–H and O–H groups in total. The highest BCUT2D eigenvalue weighted by Gasteiger charge is 2.30. The van der Waals surface area contributed by atoms with Crippen LogP contribution in [0.15, 0.2) is 12.8 Å². The molecule has 0 fully saturated rings. The Morgan fingerprint density at radius 1 is 1.55 bits per heavy atom. The highest BCUT2D eigenvalue weighted by Crippen LogP contribution is 2.26. The number of hydrogen-bond acceptors (Lipinski definition) is 2. The van der Waals surface area contributed by atoms with E-state index in [0.29, 0.717) is 0 Å². The Balaban J connectivity index is 4.23. The van der Waals surface area contributed by atoms with Gasteiger partial charge in [-0.1, -0.05) is 20.4 Å². The number of ether oxygens (including phenoxy) is 1.